The summed E-state index contributed by atoms with van der Waals surface area (Å²) in [5.74, 6) is 0.00690. The highest BCUT2D eigenvalue weighted by atomic mass is 35.5. The molecule has 3 nitrogen and oxygen atoms in total. The highest BCUT2D eigenvalue weighted by molar-refractivity contribution is 6.32. The van der Waals surface area contributed by atoms with E-state index in [0.717, 1.165) is 5.56 Å². The number of rotatable bonds is 2. The molecule has 2 aromatic carbocycles. The Morgan fingerprint density at radius 2 is 2.11 bits per heavy atom. The highest BCUT2D eigenvalue weighted by Gasteiger charge is 2.04. The van der Waals surface area contributed by atoms with Crippen molar-refractivity contribution in [2.45, 2.75) is 6.92 Å². The van der Waals surface area contributed by atoms with Crippen LogP contribution in [0.2, 0.25) is 5.02 Å². The summed E-state index contributed by atoms with van der Waals surface area (Å²) < 4.78 is 0. The summed E-state index contributed by atoms with van der Waals surface area (Å²) in [5.41, 5.74) is 2.68. The first-order chi connectivity index (χ1) is 9.10. The largest absolute Gasteiger partial charge is 0.506 e. The predicted octanol–water partition coefficient (Wildman–Crippen LogP) is 3.98. The SMILES string of the molecule is Cc1cc(Cl)c(O)c(C=Nc2cccc(C#N)c2)c1. The second-order valence-corrected chi connectivity index (χ2v) is 4.51. The van der Waals surface area contributed by atoms with E-state index in [2.05, 4.69) is 11.1 Å². The van der Waals surface area contributed by atoms with Gasteiger partial charge in [0.05, 0.1) is 22.3 Å². The molecule has 0 saturated carbocycles. The van der Waals surface area contributed by atoms with Crippen LogP contribution < -0.4 is 0 Å². The van der Waals surface area contributed by atoms with Crippen molar-refractivity contribution in [3.63, 3.8) is 0 Å². The summed E-state index contributed by atoms with van der Waals surface area (Å²) in [6, 6.07) is 12.4. The maximum Gasteiger partial charge on any atom is 0.142 e. The first-order valence-electron chi connectivity index (χ1n) is 5.63. The molecule has 0 atom stereocenters. The fourth-order valence-corrected chi connectivity index (χ4v) is 1.94. The standard InChI is InChI=1S/C15H11ClN2O/c1-10-5-12(15(19)14(16)6-10)9-18-13-4-2-3-11(7-13)8-17/h2-7,9,19H,1H3. The molecule has 2 rings (SSSR count). The van der Waals surface area contributed by atoms with Crippen molar-refractivity contribution in [3.05, 3.63) is 58.1 Å². The van der Waals surface area contributed by atoms with Crippen LogP contribution in [0, 0.1) is 18.3 Å². The number of benzene rings is 2. The van der Waals surface area contributed by atoms with Crippen molar-refractivity contribution in [1.29, 1.82) is 5.26 Å². The monoisotopic (exact) mass is 270 g/mol. The van der Waals surface area contributed by atoms with E-state index in [1.807, 2.05) is 6.92 Å². The van der Waals surface area contributed by atoms with Gasteiger partial charge in [-0.15, -0.1) is 0 Å². The van der Waals surface area contributed by atoms with Crippen LogP contribution in [0.25, 0.3) is 0 Å². The van der Waals surface area contributed by atoms with Crippen molar-refractivity contribution >= 4 is 23.5 Å². The Labute approximate surface area is 116 Å². The minimum absolute atomic E-state index is 0.00690. The van der Waals surface area contributed by atoms with E-state index in [-0.39, 0.29) is 5.75 Å². The fourth-order valence-electron chi connectivity index (χ4n) is 1.66. The Balaban J connectivity index is 2.35. The molecular formula is C15H11ClN2O. The average molecular weight is 271 g/mol. The minimum atomic E-state index is 0.00690. The maximum atomic E-state index is 9.83. The maximum absolute atomic E-state index is 9.83. The van der Waals surface area contributed by atoms with E-state index in [1.165, 1.54) is 6.21 Å². The van der Waals surface area contributed by atoms with Gasteiger partial charge in [-0.2, -0.15) is 5.26 Å². The third-order valence-corrected chi connectivity index (χ3v) is 2.85. The fraction of sp³-hybridized carbons (Fsp3) is 0.0667. The molecule has 0 spiro atoms. The van der Waals surface area contributed by atoms with Gasteiger partial charge in [0.15, 0.2) is 0 Å². The zero-order valence-corrected chi connectivity index (χ0v) is 11.0. The molecule has 19 heavy (non-hydrogen) atoms. The van der Waals surface area contributed by atoms with Crippen molar-refractivity contribution in [1.82, 2.24) is 0 Å². The number of aryl methyl sites for hydroxylation is 1. The van der Waals surface area contributed by atoms with Crippen molar-refractivity contribution < 1.29 is 5.11 Å². The van der Waals surface area contributed by atoms with Gasteiger partial charge < -0.3 is 5.11 Å². The first kappa shape index (κ1) is 13.1. The van der Waals surface area contributed by atoms with E-state index in [1.54, 1.807) is 36.4 Å². The van der Waals surface area contributed by atoms with E-state index in [9.17, 15) is 5.11 Å². The van der Waals surface area contributed by atoms with Crippen LogP contribution in [-0.4, -0.2) is 11.3 Å². The molecule has 0 saturated heterocycles. The Bertz CT molecular complexity index is 687. The molecule has 0 amide bonds. The van der Waals surface area contributed by atoms with E-state index in [4.69, 9.17) is 16.9 Å². The van der Waals surface area contributed by atoms with Gasteiger partial charge in [0.25, 0.3) is 0 Å². The normalized spacial score (nSPS) is 10.6. The van der Waals surface area contributed by atoms with Crippen molar-refractivity contribution in [3.8, 4) is 11.8 Å². The summed E-state index contributed by atoms with van der Waals surface area (Å²) >= 11 is 5.89. The number of aromatic hydroxyl groups is 1. The molecule has 2 aromatic rings. The molecule has 0 aliphatic heterocycles. The van der Waals surface area contributed by atoms with Gasteiger partial charge >= 0.3 is 0 Å². The number of halogens is 1. The van der Waals surface area contributed by atoms with Gasteiger partial charge in [0.1, 0.15) is 5.75 Å². The summed E-state index contributed by atoms with van der Waals surface area (Å²) in [6.07, 6.45) is 1.53. The van der Waals surface area contributed by atoms with Crippen LogP contribution in [0.15, 0.2) is 41.4 Å². The Morgan fingerprint density at radius 1 is 1.32 bits per heavy atom. The van der Waals surface area contributed by atoms with Crippen LogP contribution in [0.1, 0.15) is 16.7 Å². The lowest BCUT2D eigenvalue weighted by atomic mass is 10.1. The van der Waals surface area contributed by atoms with Crippen molar-refractivity contribution in [2.24, 2.45) is 4.99 Å². The average Bonchev–Trinajstić information content (AvgIpc) is 2.41. The number of hydrogen-bond acceptors (Lipinski definition) is 3. The number of nitrogens with zero attached hydrogens (tertiary/aromatic N) is 2. The van der Waals surface area contributed by atoms with Gasteiger partial charge in [-0.25, -0.2) is 0 Å². The number of hydrogen-bond donors (Lipinski definition) is 1. The summed E-state index contributed by atoms with van der Waals surface area (Å²) in [4.78, 5) is 4.23. The van der Waals surface area contributed by atoms with Gasteiger partial charge in [0.2, 0.25) is 0 Å². The molecule has 0 unspecified atom stereocenters. The molecule has 0 heterocycles. The zero-order valence-electron chi connectivity index (χ0n) is 10.3. The van der Waals surface area contributed by atoms with Gasteiger partial charge in [0, 0.05) is 11.8 Å². The summed E-state index contributed by atoms with van der Waals surface area (Å²) in [7, 11) is 0. The summed E-state index contributed by atoms with van der Waals surface area (Å²) in [6.45, 7) is 1.89. The van der Waals surface area contributed by atoms with Gasteiger partial charge in [-0.3, -0.25) is 4.99 Å². The number of phenolic OH excluding ortho intramolecular Hbond substituents is 1. The van der Waals surface area contributed by atoms with E-state index >= 15 is 0 Å². The number of aliphatic imine (C=N–C) groups is 1. The molecular weight excluding hydrogens is 260 g/mol. The Hall–Kier alpha value is -2.31. The Morgan fingerprint density at radius 3 is 2.84 bits per heavy atom. The molecule has 0 radical (unpaired) electrons. The molecule has 0 fully saturated rings. The molecule has 0 bridgehead atoms. The first-order valence-corrected chi connectivity index (χ1v) is 6.01. The minimum Gasteiger partial charge on any atom is -0.506 e. The number of phenols is 1. The lowest BCUT2D eigenvalue weighted by Gasteiger charge is -2.03. The molecule has 0 aliphatic carbocycles. The smallest absolute Gasteiger partial charge is 0.142 e. The molecule has 0 aliphatic rings. The Kier molecular flexibility index (Phi) is 3.84. The third kappa shape index (κ3) is 3.12. The lowest BCUT2D eigenvalue weighted by Crippen LogP contribution is -1.85. The van der Waals surface area contributed by atoms with Gasteiger partial charge in [-0.1, -0.05) is 17.7 Å². The second kappa shape index (κ2) is 5.55. The quantitative estimate of drug-likeness (QED) is 0.839. The number of nitriles is 1. The lowest BCUT2D eigenvalue weighted by molar-refractivity contribution is 0.474. The molecule has 94 valence electrons. The molecule has 0 aromatic heterocycles. The third-order valence-electron chi connectivity index (χ3n) is 2.57. The highest BCUT2D eigenvalue weighted by Crippen LogP contribution is 2.28. The van der Waals surface area contributed by atoms with E-state index in [0.29, 0.717) is 21.8 Å². The summed E-state index contributed by atoms with van der Waals surface area (Å²) in [5, 5.41) is 18.9. The van der Waals surface area contributed by atoms with Crippen LogP contribution >= 0.6 is 11.6 Å². The zero-order chi connectivity index (χ0) is 13.8. The van der Waals surface area contributed by atoms with Crippen LogP contribution in [0.4, 0.5) is 5.69 Å². The van der Waals surface area contributed by atoms with Crippen molar-refractivity contribution in [2.75, 3.05) is 0 Å². The topological polar surface area (TPSA) is 56.4 Å². The molecule has 4 heteroatoms. The second-order valence-electron chi connectivity index (χ2n) is 4.10. The van der Waals surface area contributed by atoms with Crippen LogP contribution in [0.3, 0.4) is 0 Å². The van der Waals surface area contributed by atoms with Gasteiger partial charge in [-0.05, 0) is 42.8 Å². The van der Waals surface area contributed by atoms with Crippen LogP contribution in [-0.2, 0) is 0 Å². The predicted molar refractivity (Wildman–Crippen MR) is 76.3 cm³/mol. The molecule has 1 N–H and O–H groups in total. The van der Waals surface area contributed by atoms with Crippen LogP contribution in [0.5, 0.6) is 5.75 Å². The van der Waals surface area contributed by atoms with E-state index < -0.39 is 0 Å².